The van der Waals surface area contributed by atoms with Crippen LogP contribution >= 0.6 is 0 Å². The molecular weight excluding hydrogens is 394 g/mol. The zero-order valence-electron chi connectivity index (χ0n) is 18.4. The molecule has 168 valence electrons. The van der Waals surface area contributed by atoms with Gasteiger partial charge >= 0.3 is 0 Å². The van der Waals surface area contributed by atoms with Crippen LogP contribution in [0.5, 0.6) is 5.75 Å². The Morgan fingerprint density at radius 2 is 1.84 bits per heavy atom. The van der Waals surface area contributed by atoms with Crippen molar-refractivity contribution in [1.82, 2.24) is 5.32 Å². The molecule has 1 saturated heterocycles. The quantitative estimate of drug-likeness (QED) is 0.567. The first kappa shape index (κ1) is 24.2. The van der Waals surface area contributed by atoms with Crippen LogP contribution in [0.1, 0.15) is 18.4 Å². The van der Waals surface area contributed by atoms with Crippen molar-refractivity contribution in [3.8, 4) is 5.75 Å². The van der Waals surface area contributed by atoms with Crippen LogP contribution in [0.2, 0.25) is 0 Å². The molecule has 1 unspecified atom stereocenters. The first-order chi connectivity index (χ1) is 15.1. The normalized spacial score (nSPS) is 14.9. The highest BCUT2D eigenvalue weighted by molar-refractivity contribution is 5.58. The maximum Gasteiger partial charge on any atom is 0.206 e. The van der Waals surface area contributed by atoms with Gasteiger partial charge in [-0.2, -0.15) is 0 Å². The number of ether oxygens (including phenoxy) is 1. The lowest BCUT2D eigenvalue weighted by Gasteiger charge is -2.26. The third kappa shape index (κ3) is 7.61. The Kier molecular flexibility index (Phi) is 10.4. The number of nitrogens with one attached hydrogen (secondary N) is 1. The molecule has 0 aromatic heterocycles. The third-order valence-electron chi connectivity index (χ3n) is 5.29. The molecule has 1 atom stereocenters. The summed E-state index contributed by atoms with van der Waals surface area (Å²) < 4.78 is 5.22. The highest BCUT2D eigenvalue weighted by atomic mass is 16.5. The van der Waals surface area contributed by atoms with Crippen LogP contribution in [-0.4, -0.2) is 58.2 Å². The molecule has 0 bridgehead atoms. The second-order valence-corrected chi connectivity index (χ2v) is 7.43. The number of aliphatic hydroxyl groups is 1. The van der Waals surface area contributed by atoms with Crippen LogP contribution in [0.15, 0.2) is 48.5 Å². The van der Waals surface area contributed by atoms with Crippen molar-refractivity contribution >= 4 is 24.1 Å². The summed E-state index contributed by atoms with van der Waals surface area (Å²) in [4.78, 5) is 24.5. The second-order valence-electron chi connectivity index (χ2n) is 7.43. The first-order valence-corrected chi connectivity index (χ1v) is 10.5. The van der Waals surface area contributed by atoms with Gasteiger partial charge in [0, 0.05) is 63.5 Å². The number of amides is 1. The standard InChI is InChI=1S/C22H28N2O3.C2H5NO/c1-27-22-9-3-18(4-10-22)15-23(12-2-14-25)20-5-7-21(8-6-20)24-13-11-19(16-24)17-26;1-3-2-4/h3-10,14,19,26H,2,11-13,15-17H2,1H3;2H,1H3,(H,3,4). The number of benzene rings is 2. The van der Waals surface area contributed by atoms with Gasteiger partial charge in [0.25, 0.3) is 0 Å². The molecule has 0 aliphatic carbocycles. The smallest absolute Gasteiger partial charge is 0.206 e. The van der Waals surface area contributed by atoms with Gasteiger partial charge in [-0.15, -0.1) is 0 Å². The third-order valence-corrected chi connectivity index (χ3v) is 5.29. The van der Waals surface area contributed by atoms with Crippen molar-refractivity contribution in [3.63, 3.8) is 0 Å². The molecule has 2 N–H and O–H groups in total. The predicted molar refractivity (Wildman–Crippen MR) is 124 cm³/mol. The van der Waals surface area contributed by atoms with E-state index in [1.54, 1.807) is 14.2 Å². The van der Waals surface area contributed by atoms with Crippen molar-refractivity contribution < 1.29 is 19.4 Å². The number of anilines is 2. The Bertz CT molecular complexity index is 780. The van der Waals surface area contributed by atoms with E-state index >= 15 is 0 Å². The topological polar surface area (TPSA) is 82.1 Å². The van der Waals surface area contributed by atoms with E-state index in [-0.39, 0.29) is 6.61 Å². The zero-order chi connectivity index (χ0) is 22.5. The van der Waals surface area contributed by atoms with Crippen molar-refractivity contribution in [1.29, 1.82) is 0 Å². The van der Waals surface area contributed by atoms with E-state index < -0.39 is 0 Å². The van der Waals surface area contributed by atoms with Crippen LogP contribution in [0, 0.1) is 5.92 Å². The van der Waals surface area contributed by atoms with E-state index in [0.717, 1.165) is 43.8 Å². The van der Waals surface area contributed by atoms with Crippen LogP contribution in [0.3, 0.4) is 0 Å². The van der Waals surface area contributed by atoms with Gasteiger partial charge in [-0.05, 0) is 48.4 Å². The predicted octanol–water partition coefficient (Wildman–Crippen LogP) is 2.47. The number of aliphatic hydroxyl groups excluding tert-OH is 1. The molecule has 1 amide bonds. The second kappa shape index (κ2) is 13.3. The fourth-order valence-electron chi connectivity index (χ4n) is 3.55. The molecule has 2 aromatic rings. The number of carbonyl (C=O) groups excluding carboxylic acids is 2. The molecule has 1 heterocycles. The number of hydrogen-bond acceptors (Lipinski definition) is 6. The molecule has 7 nitrogen and oxygen atoms in total. The molecule has 0 saturated carbocycles. The molecule has 7 heteroatoms. The minimum atomic E-state index is 0.260. The Morgan fingerprint density at radius 3 is 2.35 bits per heavy atom. The Balaban J connectivity index is 0.000000785. The van der Waals surface area contributed by atoms with Gasteiger partial charge in [0.1, 0.15) is 12.0 Å². The molecule has 3 rings (SSSR count). The fourth-order valence-corrected chi connectivity index (χ4v) is 3.55. The molecule has 0 spiro atoms. The first-order valence-electron chi connectivity index (χ1n) is 10.5. The minimum absolute atomic E-state index is 0.260. The van der Waals surface area contributed by atoms with Crippen LogP contribution in [-0.2, 0) is 16.1 Å². The molecule has 1 aliphatic heterocycles. The number of hydrogen-bond donors (Lipinski definition) is 2. The van der Waals surface area contributed by atoms with Gasteiger partial charge in [-0.25, -0.2) is 0 Å². The number of methoxy groups -OCH3 is 1. The lowest BCUT2D eigenvalue weighted by Crippen LogP contribution is -2.24. The highest BCUT2D eigenvalue weighted by Crippen LogP contribution is 2.27. The van der Waals surface area contributed by atoms with Crippen molar-refractivity contribution in [2.75, 3.05) is 50.2 Å². The number of rotatable bonds is 10. The van der Waals surface area contributed by atoms with Gasteiger partial charge < -0.3 is 29.8 Å². The van der Waals surface area contributed by atoms with E-state index in [2.05, 4.69) is 51.5 Å². The van der Waals surface area contributed by atoms with E-state index in [1.807, 2.05) is 12.1 Å². The van der Waals surface area contributed by atoms with E-state index in [0.29, 0.717) is 25.3 Å². The highest BCUT2D eigenvalue weighted by Gasteiger charge is 2.22. The summed E-state index contributed by atoms with van der Waals surface area (Å²) in [5, 5.41) is 11.6. The summed E-state index contributed by atoms with van der Waals surface area (Å²) in [5.41, 5.74) is 3.47. The van der Waals surface area contributed by atoms with Gasteiger partial charge in [0.05, 0.1) is 7.11 Å². The largest absolute Gasteiger partial charge is 0.497 e. The summed E-state index contributed by atoms with van der Waals surface area (Å²) >= 11 is 0. The summed E-state index contributed by atoms with van der Waals surface area (Å²) in [7, 11) is 3.23. The Labute approximate surface area is 184 Å². The molecule has 1 aliphatic rings. The fraction of sp³-hybridized carbons (Fsp3) is 0.417. The Hall–Kier alpha value is -3.06. The monoisotopic (exact) mass is 427 g/mol. The van der Waals surface area contributed by atoms with Crippen LogP contribution in [0.4, 0.5) is 11.4 Å². The van der Waals surface area contributed by atoms with Crippen molar-refractivity contribution in [3.05, 3.63) is 54.1 Å². The van der Waals surface area contributed by atoms with Gasteiger partial charge in [-0.1, -0.05) is 12.1 Å². The molecule has 2 aromatic carbocycles. The van der Waals surface area contributed by atoms with Crippen LogP contribution in [0.25, 0.3) is 0 Å². The minimum Gasteiger partial charge on any atom is -0.497 e. The van der Waals surface area contributed by atoms with E-state index in [4.69, 9.17) is 9.53 Å². The maximum atomic E-state index is 10.9. The van der Waals surface area contributed by atoms with Gasteiger partial charge in [0.15, 0.2) is 0 Å². The number of nitrogens with zero attached hydrogens (tertiary/aromatic N) is 2. The average Bonchev–Trinajstić information content (AvgIpc) is 3.32. The molecule has 0 radical (unpaired) electrons. The van der Waals surface area contributed by atoms with Gasteiger partial charge in [-0.3, -0.25) is 4.79 Å². The summed E-state index contributed by atoms with van der Waals surface area (Å²) in [6.07, 6.45) is 3.14. The molecular formula is C24H33N3O4. The SMILES string of the molecule is CNC=O.COc1ccc(CN(CCC=O)c2ccc(N3CCC(CO)C3)cc2)cc1. The van der Waals surface area contributed by atoms with Crippen molar-refractivity contribution in [2.45, 2.75) is 19.4 Å². The summed E-state index contributed by atoms with van der Waals surface area (Å²) in [5.74, 6) is 1.22. The summed E-state index contributed by atoms with van der Waals surface area (Å²) in [6, 6.07) is 16.5. The van der Waals surface area contributed by atoms with Crippen molar-refractivity contribution in [2.24, 2.45) is 5.92 Å². The maximum absolute atomic E-state index is 10.9. The lowest BCUT2D eigenvalue weighted by molar-refractivity contribution is -0.109. The molecule has 31 heavy (non-hydrogen) atoms. The molecule has 1 fully saturated rings. The summed E-state index contributed by atoms with van der Waals surface area (Å²) in [6.45, 7) is 3.59. The number of aldehydes is 1. The average molecular weight is 428 g/mol. The van der Waals surface area contributed by atoms with Gasteiger partial charge in [0.2, 0.25) is 6.41 Å². The van der Waals surface area contributed by atoms with E-state index in [9.17, 15) is 9.90 Å². The number of carbonyl (C=O) groups is 2. The lowest BCUT2D eigenvalue weighted by atomic mass is 10.1. The van der Waals surface area contributed by atoms with Crippen LogP contribution < -0.4 is 19.9 Å². The van der Waals surface area contributed by atoms with E-state index in [1.165, 1.54) is 11.3 Å². The zero-order valence-corrected chi connectivity index (χ0v) is 18.4. The Morgan fingerprint density at radius 1 is 1.16 bits per heavy atom.